The molecule has 0 saturated heterocycles. The van der Waals surface area contributed by atoms with Crippen LogP contribution in [0.3, 0.4) is 0 Å². The van der Waals surface area contributed by atoms with Crippen molar-refractivity contribution in [1.82, 2.24) is 15.2 Å². The van der Waals surface area contributed by atoms with Gasteiger partial charge in [-0.3, -0.25) is 5.10 Å². The van der Waals surface area contributed by atoms with Crippen LogP contribution in [0.2, 0.25) is 5.02 Å². The summed E-state index contributed by atoms with van der Waals surface area (Å²) in [6, 6.07) is 0. The maximum Gasteiger partial charge on any atom is 0.378 e. The molecule has 0 aliphatic rings. The summed E-state index contributed by atoms with van der Waals surface area (Å²) in [4.78, 5) is 16.2. The fourth-order valence-corrected chi connectivity index (χ4v) is 2.46. The van der Waals surface area contributed by atoms with Gasteiger partial charge in [0.1, 0.15) is 0 Å². The second-order valence-electron chi connectivity index (χ2n) is 3.29. The van der Waals surface area contributed by atoms with E-state index in [0.717, 1.165) is 10.4 Å². The highest BCUT2D eigenvalue weighted by atomic mass is 35.5. The normalized spacial score (nSPS) is 10.5. The summed E-state index contributed by atoms with van der Waals surface area (Å²) in [6.07, 6.45) is 0. The summed E-state index contributed by atoms with van der Waals surface area (Å²) < 4.78 is 4.80. The third kappa shape index (κ3) is 2.32. The molecular formula is C10H10ClN3O2S. The Morgan fingerprint density at radius 3 is 3.00 bits per heavy atom. The lowest BCUT2D eigenvalue weighted by atomic mass is 10.3. The van der Waals surface area contributed by atoms with E-state index in [1.54, 1.807) is 6.92 Å². The molecule has 0 amide bonds. The molecule has 0 unspecified atom stereocenters. The van der Waals surface area contributed by atoms with Crippen molar-refractivity contribution in [3.8, 4) is 10.7 Å². The number of halogens is 1. The molecule has 90 valence electrons. The van der Waals surface area contributed by atoms with Gasteiger partial charge in [-0.25, -0.2) is 9.78 Å². The molecule has 0 bridgehead atoms. The van der Waals surface area contributed by atoms with Gasteiger partial charge in [-0.05, 0) is 24.8 Å². The van der Waals surface area contributed by atoms with E-state index in [1.807, 2.05) is 12.3 Å². The molecule has 7 heteroatoms. The second-order valence-corrected chi connectivity index (χ2v) is 4.55. The first-order valence-corrected chi connectivity index (χ1v) is 6.22. The van der Waals surface area contributed by atoms with Crippen molar-refractivity contribution in [3.63, 3.8) is 0 Å². The first-order valence-electron chi connectivity index (χ1n) is 4.97. The number of rotatable bonds is 3. The van der Waals surface area contributed by atoms with E-state index in [2.05, 4.69) is 15.2 Å². The van der Waals surface area contributed by atoms with Crippen LogP contribution in [-0.4, -0.2) is 27.8 Å². The lowest BCUT2D eigenvalue weighted by molar-refractivity contribution is 0.0512. The van der Waals surface area contributed by atoms with Gasteiger partial charge in [0.15, 0.2) is 5.82 Å². The molecule has 2 aromatic rings. The van der Waals surface area contributed by atoms with Crippen LogP contribution in [0.25, 0.3) is 10.7 Å². The topological polar surface area (TPSA) is 67.9 Å². The largest absolute Gasteiger partial charge is 0.460 e. The van der Waals surface area contributed by atoms with Crippen LogP contribution in [0, 0.1) is 6.92 Å². The summed E-state index contributed by atoms with van der Waals surface area (Å²) in [5.74, 6) is -0.0421. The van der Waals surface area contributed by atoms with Crippen molar-refractivity contribution in [2.75, 3.05) is 6.61 Å². The Morgan fingerprint density at radius 2 is 2.41 bits per heavy atom. The van der Waals surface area contributed by atoms with Crippen molar-refractivity contribution >= 4 is 28.9 Å². The number of nitrogens with zero attached hydrogens (tertiary/aromatic N) is 2. The molecule has 0 atom stereocenters. The predicted molar refractivity (Wildman–Crippen MR) is 65.4 cm³/mol. The van der Waals surface area contributed by atoms with E-state index >= 15 is 0 Å². The van der Waals surface area contributed by atoms with Crippen LogP contribution >= 0.6 is 22.9 Å². The van der Waals surface area contributed by atoms with Gasteiger partial charge in [-0.15, -0.1) is 16.4 Å². The lowest BCUT2D eigenvalue weighted by Crippen LogP contribution is -2.06. The number of H-pyrrole nitrogens is 1. The van der Waals surface area contributed by atoms with E-state index < -0.39 is 5.97 Å². The molecule has 2 rings (SSSR count). The number of ether oxygens (including phenoxy) is 1. The molecule has 0 aromatic carbocycles. The molecule has 5 nitrogen and oxygen atoms in total. The number of nitrogens with one attached hydrogen (secondary N) is 1. The van der Waals surface area contributed by atoms with Crippen LogP contribution in [0.1, 0.15) is 23.1 Å². The predicted octanol–water partition coefficient (Wildman–Crippen LogP) is 2.67. The Hall–Kier alpha value is -1.40. The van der Waals surface area contributed by atoms with E-state index in [4.69, 9.17) is 16.3 Å². The molecule has 2 aromatic heterocycles. The van der Waals surface area contributed by atoms with E-state index in [0.29, 0.717) is 17.5 Å². The molecule has 0 aliphatic heterocycles. The number of hydrogen-bond donors (Lipinski definition) is 1. The van der Waals surface area contributed by atoms with E-state index in [-0.39, 0.29) is 5.82 Å². The number of esters is 1. The monoisotopic (exact) mass is 271 g/mol. The molecule has 1 N–H and O–H groups in total. The number of aryl methyl sites for hydroxylation is 1. The number of hydrogen-bond acceptors (Lipinski definition) is 5. The summed E-state index contributed by atoms with van der Waals surface area (Å²) in [7, 11) is 0. The third-order valence-electron chi connectivity index (χ3n) is 2.06. The highest BCUT2D eigenvalue weighted by molar-refractivity contribution is 7.14. The van der Waals surface area contributed by atoms with E-state index in [1.165, 1.54) is 11.3 Å². The number of carbonyl (C=O) groups excluding carboxylic acids is 1. The molecular weight excluding hydrogens is 262 g/mol. The molecule has 0 spiro atoms. The Kier molecular flexibility index (Phi) is 3.44. The molecule has 2 heterocycles. The minimum absolute atomic E-state index is 0.0176. The smallest absolute Gasteiger partial charge is 0.378 e. The first kappa shape index (κ1) is 12.1. The van der Waals surface area contributed by atoms with Crippen molar-refractivity contribution < 1.29 is 9.53 Å². The van der Waals surface area contributed by atoms with Crippen molar-refractivity contribution in [3.05, 3.63) is 21.8 Å². The second kappa shape index (κ2) is 4.85. The fourth-order valence-electron chi connectivity index (χ4n) is 1.24. The number of thiophene rings is 1. The maximum atomic E-state index is 11.4. The Balaban J connectivity index is 2.30. The van der Waals surface area contributed by atoms with Gasteiger partial charge in [-0.1, -0.05) is 11.6 Å². The summed E-state index contributed by atoms with van der Waals surface area (Å²) in [5, 5.41) is 9.03. The van der Waals surface area contributed by atoms with Crippen LogP contribution < -0.4 is 0 Å². The minimum Gasteiger partial charge on any atom is -0.460 e. The highest BCUT2D eigenvalue weighted by Gasteiger charge is 2.17. The van der Waals surface area contributed by atoms with Crippen LogP contribution in [0.15, 0.2) is 5.38 Å². The molecule has 0 saturated carbocycles. The standard InChI is InChI=1S/C10H10ClN3O2S/c1-3-16-10(15)9-12-8(13-14-9)7-6(11)5(2)4-17-7/h4H,3H2,1-2H3,(H,12,13,14). The maximum absolute atomic E-state index is 11.4. The molecule has 0 aliphatic carbocycles. The van der Waals surface area contributed by atoms with Gasteiger partial charge >= 0.3 is 5.97 Å². The van der Waals surface area contributed by atoms with Crippen molar-refractivity contribution in [2.24, 2.45) is 0 Å². The zero-order chi connectivity index (χ0) is 12.4. The Labute approximate surface area is 107 Å². The molecule has 0 fully saturated rings. The average Bonchev–Trinajstić information content (AvgIpc) is 2.88. The van der Waals surface area contributed by atoms with Gasteiger partial charge in [0.25, 0.3) is 5.82 Å². The summed E-state index contributed by atoms with van der Waals surface area (Å²) >= 11 is 7.55. The van der Waals surface area contributed by atoms with Crippen LogP contribution in [0.4, 0.5) is 0 Å². The van der Waals surface area contributed by atoms with Crippen molar-refractivity contribution in [2.45, 2.75) is 13.8 Å². The SMILES string of the molecule is CCOC(=O)c1n[nH]c(-c2scc(C)c2Cl)n1. The van der Waals surface area contributed by atoms with Crippen LogP contribution in [0.5, 0.6) is 0 Å². The van der Waals surface area contributed by atoms with Gasteiger partial charge in [0.05, 0.1) is 16.5 Å². The average molecular weight is 272 g/mol. The quantitative estimate of drug-likeness (QED) is 0.872. The van der Waals surface area contributed by atoms with Gasteiger partial charge in [-0.2, -0.15) is 0 Å². The number of aromatic nitrogens is 3. The highest BCUT2D eigenvalue weighted by Crippen LogP contribution is 2.34. The Morgan fingerprint density at radius 1 is 1.65 bits per heavy atom. The zero-order valence-corrected chi connectivity index (χ0v) is 10.9. The lowest BCUT2D eigenvalue weighted by Gasteiger charge is -1.94. The number of aromatic amines is 1. The number of carbonyl (C=O) groups is 1. The molecule has 17 heavy (non-hydrogen) atoms. The minimum atomic E-state index is -0.542. The fraction of sp³-hybridized carbons (Fsp3) is 0.300. The van der Waals surface area contributed by atoms with Gasteiger partial charge in [0, 0.05) is 0 Å². The van der Waals surface area contributed by atoms with Crippen molar-refractivity contribution in [1.29, 1.82) is 0 Å². The Bertz CT molecular complexity index is 549. The molecule has 0 radical (unpaired) electrons. The summed E-state index contributed by atoms with van der Waals surface area (Å²) in [6.45, 7) is 3.93. The van der Waals surface area contributed by atoms with Gasteiger partial charge in [0.2, 0.25) is 0 Å². The first-order chi connectivity index (χ1) is 8.13. The third-order valence-corrected chi connectivity index (χ3v) is 3.76. The van der Waals surface area contributed by atoms with E-state index in [9.17, 15) is 4.79 Å². The van der Waals surface area contributed by atoms with Gasteiger partial charge < -0.3 is 4.74 Å². The summed E-state index contributed by atoms with van der Waals surface area (Å²) in [5.41, 5.74) is 0.973. The van der Waals surface area contributed by atoms with Crippen LogP contribution in [-0.2, 0) is 4.74 Å². The zero-order valence-electron chi connectivity index (χ0n) is 9.28.